The molecule has 2 unspecified atom stereocenters. The highest BCUT2D eigenvalue weighted by Gasteiger charge is 2.24. The first-order chi connectivity index (χ1) is 14.3. The van der Waals surface area contributed by atoms with Crippen molar-refractivity contribution in [1.29, 1.82) is 5.26 Å². The van der Waals surface area contributed by atoms with Crippen LogP contribution in [0.15, 0.2) is 0 Å². The SMILES string of the molecule is CCCCCSC1CCC(C#CC2CCC(C#CC3CCC(C#N)CC3)S2)CC1. The third kappa shape index (κ3) is 8.16. The first kappa shape index (κ1) is 23.0. The van der Waals surface area contributed by atoms with Crippen LogP contribution in [0, 0.1) is 52.8 Å². The molecule has 0 spiro atoms. The Morgan fingerprint density at radius 1 is 0.724 bits per heavy atom. The predicted molar refractivity (Wildman–Crippen MR) is 129 cm³/mol. The first-order valence-corrected chi connectivity index (χ1v) is 13.9. The third-order valence-electron chi connectivity index (χ3n) is 6.60. The second kappa shape index (κ2) is 12.9. The highest BCUT2D eigenvalue weighted by Crippen LogP contribution is 2.35. The van der Waals surface area contributed by atoms with Gasteiger partial charge >= 0.3 is 0 Å². The van der Waals surface area contributed by atoms with Crippen molar-refractivity contribution in [2.75, 3.05) is 5.75 Å². The van der Waals surface area contributed by atoms with Crippen molar-refractivity contribution in [2.24, 2.45) is 17.8 Å². The van der Waals surface area contributed by atoms with Crippen molar-refractivity contribution in [2.45, 2.75) is 106 Å². The van der Waals surface area contributed by atoms with E-state index in [1.54, 1.807) is 0 Å². The molecular formula is C26H37NS2. The molecule has 158 valence electrons. The molecule has 3 rings (SSSR count). The quantitative estimate of drug-likeness (QED) is 0.346. The number of thioether (sulfide) groups is 2. The zero-order chi connectivity index (χ0) is 20.3. The molecule has 1 nitrogen and oxygen atoms in total. The molecule has 0 N–H and O–H groups in total. The van der Waals surface area contributed by atoms with Crippen LogP contribution in [-0.4, -0.2) is 21.5 Å². The molecule has 3 heteroatoms. The van der Waals surface area contributed by atoms with Crippen LogP contribution < -0.4 is 0 Å². The molecule has 3 fully saturated rings. The Kier molecular flexibility index (Phi) is 10.2. The summed E-state index contributed by atoms with van der Waals surface area (Å²) in [4.78, 5) is 0. The molecular weight excluding hydrogens is 390 g/mol. The minimum absolute atomic E-state index is 0.281. The fourth-order valence-electron chi connectivity index (χ4n) is 4.61. The molecule has 0 aromatic rings. The molecule has 1 saturated heterocycles. The zero-order valence-corrected chi connectivity index (χ0v) is 19.8. The van der Waals surface area contributed by atoms with E-state index in [2.05, 4.69) is 48.4 Å². The smallest absolute Gasteiger partial charge is 0.0670 e. The number of nitriles is 1. The van der Waals surface area contributed by atoms with Crippen molar-refractivity contribution in [3.8, 4) is 29.8 Å². The number of hydrogen-bond acceptors (Lipinski definition) is 3. The Morgan fingerprint density at radius 3 is 1.83 bits per heavy atom. The van der Waals surface area contributed by atoms with Crippen LogP contribution in [-0.2, 0) is 0 Å². The Bertz CT molecular complexity index is 642. The summed E-state index contributed by atoms with van der Waals surface area (Å²) in [5.41, 5.74) is 0. The second-order valence-electron chi connectivity index (χ2n) is 9.00. The standard InChI is InChI=1S/C26H37NS2/c1-2-3-4-19-28-24-13-9-22(10-14-24)12-16-26-18-17-25(29-26)15-11-21-5-7-23(20-27)8-6-21/h21-26H,2-10,13-14,17-19H2,1H3. The second-order valence-corrected chi connectivity index (χ2v) is 11.8. The van der Waals surface area contributed by atoms with Crippen molar-refractivity contribution < 1.29 is 0 Å². The van der Waals surface area contributed by atoms with Crippen molar-refractivity contribution >= 4 is 23.5 Å². The average Bonchev–Trinajstić information content (AvgIpc) is 3.23. The Hall–Kier alpha value is -0.690. The van der Waals surface area contributed by atoms with Gasteiger partial charge in [-0.2, -0.15) is 17.0 Å². The summed E-state index contributed by atoms with van der Waals surface area (Å²) in [7, 11) is 0. The van der Waals surface area contributed by atoms with Gasteiger partial charge in [0.25, 0.3) is 0 Å². The van der Waals surface area contributed by atoms with Gasteiger partial charge in [-0.25, -0.2) is 0 Å². The molecule has 2 aliphatic carbocycles. The topological polar surface area (TPSA) is 23.8 Å². The van der Waals surface area contributed by atoms with Crippen LogP contribution in [0.2, 0.25) is 0 Å². The van der Waals surface area contributed by atoms with Crippen LogP contribution in [0.5, 0.6) is 0 Å². The maximum absolute atomic E-state index is 9.02. The summed E-state index contributed by atoms with van der Waals surface area (Å²) in [5, 5.41) is 10.9. The average molecular weight is 428 g/mol. The van der Waals surface area contributed by atoms with Crippen LogP contribution >= 0.6 is 23.5 Å². The van der Waals surface area contributed by atoms with E-state index in [-0.39, 0.29) is 5.92 Å². The molecule has 1 heterocycles. The molecule has 0 radical (unpaired) electrons. The zero-order valence-electron chi connectivity index (χ0n) is 18.1. The number of rotatable bonds is 5. The van der Waals surface area contributed by atoms with Crippen LogP contribution in [0.3, 0.4) is 0 Å². The largest absolute Gasteiger partial charge is 0.198 e. The lowest BCUT2D eigenvalue weighted by atomic mass is 9.83. The molecule has 2 saturated carbocycles. The van der Waals surface area contributed by atoms with Crippen molar-refractivity contribution in [3.05, 3.63) is 0 Å². The van der Waals surface area contributed by atoms with Gasteiger partial charge in [-0.3, -0.25) is 0 Å². The summed E-state index contributed by atoms with van der Waals surface area (Å²) in [6.07, 6.45) is 16.2. The number of nitrogens with zero attached hydrogens (tertiary/aromatic N) is 1. The van der Waals surface area contributed by atoms with Gasteiger partial charge in [-0.15, -0.1) is 11.8 Å². The maximum Gasteiger partial charge on any atom is 0.0670 e. The maximum atomic E-state index is 9.02. The van der Waals surface area contributed by atoms with E-state index in [0.717, 1.165) is 30.9 Å². The summed E-state index contributed by atoms with van der Waals surface area (Å²) >= 11 is 4.22. The molecule has 0 aromatic heterocycles. The van der Waals surface area contributed by atoms with Gasteiger partial charge in [0, 0.05) is 23.0 Å². The van der Waals surface area contributed by atoms with Gasteiger partial charge in [0.2, 0.25) is 0 Å². The number of hydrogen-bond donors (Lipinski definition) is 0. The van der Waals surface area contributed by atoms with Gasteiger partial charge in [0.15, 0.2) is 0 Å². The lowest BCUT2D eigenvalue weighted by molar-refractivity contribution is 0.370. The van der Waals surface area contributed by atoms with Crippen molar-refractivity contribution in [3.63, 3.8) is 0 Å². The lowest BCUT2D eigenvalue weighted by Gasteiger charge is -2.25. The van der Waals surface area contributed by atoms with Gasteiger partial charge < -0.3 is 0 Å². The minimum atomic E-state index is 0.281. The van der Waals surface area contributed by atoms with E-state index in [1.807, 2.05) is 11.8 Å². The van der Waals surface area contributed by atoms with E-state index >= 15 is 0 Å². The predicted octanol–water partition coefficient (Wildman–Crippen LogP) is 7.07. The Morgan fingerprint density at radius 2 is 1.28 bits per heavy atom. The summed E-state index contributed by atoms with van der Waals surface area (Å²) in [5.74, 6) is 17.1. The Balaban J connectivity index is 1.33. The highest BCUT2D eigenvalue weighted by molar-refractivity contribution is 8.01. The van der Waals surface area contributed by atoms with Crippen LogP contribution in [0.1, 0.15) is 90.4 Å². The van der Waals surface area contributed by atoms with E-state index in [0.29, 0.717) is 22.3 Å². The van der Waals surface area contributed by atoms with Gasteiger partial charge in [-0.1, -0.05) is 43.4 Å². The fraction of sp³-hybridized carbons (Fsp3) is 0.808. The van der Waals surface area contributed by atoms with Crippen molar-refractivity contribution in [1.82, 2.24) is 0 Å². The molecule has 0 aromatic carbocycles. The van der Waals surface area contributed by atoms with Gasteiger partial charge in [0.05, 0.1) is 16.6 Å². The van der Waals surface area contributed by atoms with Gasteiger partial charge in [-0.05, 0) is 76.4 Å². The monoisotopic (exact) mass is 427 g/mol. The van der Waals surface area contributed by atoms with E-state index in [9.17, 15) is 0 Å². The normalized spacial score (nSPS) is 34.3. The summed E-state index contributed by atoms with van der Waals surface area (Å²) in [6, 6.07) is 2.42. The molecule has 3 aliphatic rings. The molecule has 2 atom stereocenters. The first-order valence-electron chi connectivity index (χ1n) is 12.0. The highest BCUT2D eigenvalue weighted by atomic mass is 32.2. The third-order valence-corrected chi connectivity index (χ3v) is 9.43. The summed E-state index contributed by atoms with van der Waals surface area (Å²) < 4.78 is 0. The van der Waals surface area contributed by atoms with Gasteiger partial charge in [0.1, 0.15) is 0 Å². The van der Waals surface area contributed by atoms with E-state index < -0.39 is 0 Å². The number of unbranched alkanes of at least 4 members (excludes halogenated alkanes) is 2. The minimum Gasteiger partial charge on any atom is -0.198 e. The van der Waals surface area contributed by atoms with E-state index in [4.69, 9.17) is 5.26 Å². The van der Waals surface area contributed by atoms with Crippen LogP contribution in [0.25, 0.3) is 0 Å². The Labute approximate surface area is 187 Å². The summed E-state index contributed by atoms with van der Waals surface area (Å²) in [6.45, 7) is 2.29. The molecule has 1 aliphatic heterocycles. The van der Waals surface area contributed by atoms with Crippen LogP contribution in [0.4, 0.5) is 0 Å². The lowest BCUT2D eigenvalue weighted by Crippen LogP contribution is -2.15. The molecule has 0 bridgehead atoms. The fourth-order valence-corrected chi connectivity index (χ4v) is 7.14. The molecule has 0 amide bonds. The molecule has 29 heavy (non-hydrogen) atoms. The van der Waals surface area contributed by atoms with E-state index in [1.165, 1.54) is 63.5 Å².